The van der Waals surface area contributed by atoms with Crippen LogP contribution in [0.4, 0.5) is 4.39 Å². The summed E-state index contributed by atoms with van der Waals surface area (Å²) in [6.07, 6.45) is 4.30. The van der Waals surface area contributed by atoms with Crippen LogP contribution in [0.5, 0.6) is 0 Å². The lowest BCUT2D eigenvalue weighted by Crippen LogP contribution is -2.18. The summed E-state index contributed by atoms with van der Waals surface area (Å²) in [4.78, 5) is 0. The molecule has 0 amide bonds. The summed E-state index contributed by atoms with van der Waals surface area (Å²) in [6.45, 7) is 3.95. The highest BCUT2D eigenvalue weighted by molar-refractivity contribution is 14.1. The molecule has 1 saturated carbocycles. The Hall–Kier alpha value is 0.330. The lowest BCUT2D eigenvalue weighted by molar-refractivity contribution is 0.236. The second-order valence-electron chi connectivity index (χ2n) is 4.80. The van der Waals surface area contributed by atoms with Gasteiger partial charge in [0.1, 0.15) is 0 Å². The van der Waals surface area contributed by atoms with E-state index in [0.29, 0.717) is 30.4 Å². The van der Waals surface area contributed by atoms with E-state index in [4.69, 9.17) is 5.41 Å². The Labute approximate surface area is 99.5 Å². The van der Waals surface area contributed by atoms with Gasteiger partial charge in [-0.2, -0.15) is 0 Å². The molecule has 0 radical (unpaired) electrons. The molecule has 0 spiro atoms. The quantitative estimate of drug-likeness (QED) is 0.339. The summed E-state index contributed by atoms with van der Waals surface area (Å²) in [5.41, 5.74) is 0.691. The second kappa shape index (κ2) is 4.90. The Morgan fingerprint density at radius 3 is 2.71 bits per heavy atom. The van der Waals surface area contributed by atoms with Gasteiger partial charge in [-0.3, -0.25) is 0 Å². The summed E-state index contributed by atoms with van der Waals surface area (Å²) < 4.78 is 13.0. The van der Waals surface area contributed by atoms with Crippen LogP contribution >= 0.6 is 22.6 Å². The highest BCUT2D eigenvalue weighted by Gasteiger charge is 2.34. The number of hydrogen-bond donors (Lipinski definition) is 1. The van der Waals surface area contributed by atoms with Crippen molar-refractivity contribution in [3.8, 4) is 0 Å². The molecule has 1 fully saturated rings. The molecule has 0 aliphatic heterocycles. The molecule has 0 bridgehead atoms. The number of hydrogen-bond acceptors (Lipinski definition) is 1. The van der Waals surface area contributed by atoms with E-state index in [1.54, 1.807) is 0 Å². The monoisotopic (exact) mass is 311 g/mol. The van der Waals surface area contributed by atoms with Crippen molar-refractivity contribution in [2.24, 2.45) is 11.8 Å². The minimum Gasteiger partial charge on any atom is -0.310 e. The third-order valence-electron chi connectivity index (χ3n) is 2.90. The summed E-state index contributed by atoms with van der Waals surface area (Å²) >= 11 is 1.96. The van der Waals surface area contributed by atoms with E-state index in [1.165, 1.54) is 0 Å². The van der Waals surface area contributed by atoms with Gasteiger partial charge in [-0.1, -0.05) is 13.3 Å². The summed E-state index contributed by atoms with van der Waals surface area (Å²) in [5, 5.41) is 7.46. The minimum absolute atomic E-state index is 0.388. The highest BCUT2D eigenvalue weighted by atomic mass is 127. The zero-order chi connectivity index (χ0) is 10.8. The Bertz CT molecular complexity index is 215. The van der Waals surface area contributed by atoms with Crippen molar-refractivity contribution in [1.82, 2.24) is 0 Å². The Kier molecular flexibility index (Phi) is 4.34. The Morgan fingerprint density at radius 1 is 1.50 bits per heavy atom. The van der Waals surface area contributed by atoms with Crippen molar-refractivity contribution < 1.29 is 4.39 Å². The molecule has 0 aromatic heterocycles. The normalized spacial score (nSPS) is 39.1. The summed E-state index contributed by atoms with van der Waals surface area (Å²) in [7, 11) is 0. The van der Waals surface area contributed by atoms with Gasteiger partial charge in [0, 0.05) is 5.71 Å². The van der Waals surface area contributed by atoms with E-state index in [-0.39, 0.29) is 0 Å². The van der Waals surface area contributed by atoms with Crippen LogP contribution in [0.15, 0.2) is 0 Å². The van der Waals surface area contributed by atoms with Crippen LogP contribution in [0.25, 0.3) is 0 Å². The van der Waals surface area contributed by atoms with Crippen molar-refractivity contribution in [3.05, 3.63) is 0 Å². The molecular weight excluding hydrogens is 292 g/mol. The van der Waals surface area contributed by atoms with Crippen LogP contribution in [0.3, 0.4) is 0 Å². The zero-order valence-corrected chi connectivity index (χ0v) is 11.1. The van der Waals surface area contributed by atoms with Crippen molar-refractivity contribution in [1.29, 1.82) is 5.41 Å². The predicted octanol–water partition coefficient (Wildman–Crippen LogP) is 4.34. The smallest absolute Gasteiger partial charge is 0.161 e. The Morgan fingerprint density at radius 2 is 2.14 bits per heavy atom. The topological polar surface area (TPSA) is 23.9 Å². The van der Waals surface area contributed by atoms with Gasteiger partial charge in [0.05, 0.1) is 0 Å². The van der Waals surface area contributed by atoms with Crippen LogP contribution in [0.1, 0.15) is 46.0 Å². The lowest BCUT2D eigenvalue weighted by atomic mass is 9.94. The zero-order valence-electron chi connectivity index (χ0n) is 8.95. The van der Waals surface area contributed by atoms with Gasteiger partial charge >= 0.3 is 0 Å². The van der Waals surface area contributed by atoms with E-state index < -0.39 is 3.68 Å². The lowest BCUT2D eigenvalue weighted by Gasteiger charge is -2.21. The standard InChI is InChI=1S/C11H19FIN/c1-8-3-4-10(5-9(2)14)7-11(12,13)6-8/h8,10,14H,3-7H2,1-2H3. The molecule has 1 aliphatic rings. The van der Waals surface area contributed by atoms with Gasteiger partial charge in [-0.25, -0.2) is 4.39 Å². The molecule has 82 valence electrons. The average molecular weight is 311 g/mol. The molecule has 1 nitrogen and oxygen atoms in total. The molecule has 3 heteroatoms. The molecule has 0 aromatic rings. The van der Waals surface area contributed by atoms with Crippen LogP contribution in [-0.4, -0.2) is 9.39 Å². The maximum atomic E-state index is 14.0. The molecule has 1 N–H and O–H groups in total. The predicted molar refractivity (Wildman–Crippen MR) is 67.0 cm³/mol. The van der Waals surface area contributed by atoms with Crippen molar-refractivity contribution >= 4 is 28.3 Å². The molecule has 0 aromatic carbocycles. The van der Waals surface area contributed by atoms with Crippen molar-refractivity contribution in [2.75, 3.05) is 0 Å². The maximum absolute atomic E-state index is 14.0. The second-order valence-corrected chi connectivity index (χ2v) is 6.73. The minimum atomic E-state index is -1.03. The fourth-order valence-corrected chi connectivity index (χ4v) is 3.72. The first-order valence-corrected chi connectivity index (χ1v) is 6.39. The Balaban J connectivity index is 2.58. The first-order chi connectivity index (χ1) is 6.39. The number of halogens is 2. The molecule has 14 heavy (non-hydrogen) atoms. The van der Waals surface area contributed by atoms with Gasteiger partial charge < -0.3 is 5.41 Å². The van der Waals surface area contributed by atoms with E-state index >= 15 is 0 Å². The third-order valence-corrected chi connectivity index (χ3v) is 3.78. The molecule has 0 saturated heterocycles. The van der Waals surface area contributed by atoms with Crippen LogP contribution in [-0.2, 0) is 0 Å². The molecule has 3 unspecified atom stereocenters. The fourth-order valence-electron chi connectivity index (χ4n) is 2.35. The molecule has 0 heterocycles. The largest absolute Gasteiger partial charge is 0.310 e. The molecular formula is C11H19FIN. The van der Waals surface area contributed by atoms with Gasteiger partial charge in [0.2, 0.25) is 0 Å². The van der Waals surface area contributed by atoms with Crippen LogP contribution in [0, 0.1) is 17.2 Å². The average Bonchev–Trinajstić information content (AvgIpc) is 2.07. The third kappa shape index (κ3) is 4.24. The van der Waals surface area contributed by atoms with Gasteiger partial charge in [0.15, 0.2) is 3.68 Å². The van der Waals surface area contributed by atoms with Gasteiger partial charge in [0.25, 0.3) is 0 Å². The number of rotatable bonds is 2. The maximum Gasteiger partial charge on any atom is 0.161 e. The highest BCUT2D eigenvalue weighted by Crippen LogP contribution is 2.42. The molecule has 3 atom stereocenters. The number of nitrogens with one attached hydrogen (secondary N) is 1. The molecule has 1 rings (SSSR count). The molecule has 1 aliphatic carbocycles. The van der Waals surface area contributed by atoms with Crippen LogP contribution in [0.2, 0.25) is 0 Å². The SMILES string of the molecule is CC(=N)CC1CCC(C)CC(F)(I)C1. The first kappa shape index (κ1) is 12.4. The van der Waals surface area contributed by atoms with E-state index in [2.05, 4.69) is 6.92 Å². The van der Waals surface area contributed by atoms with Crippen molar-refractivity contribution in [3.63, 3.8) is 0 Å². The first-order valence-electron chi connectivity index (χ1n) is 5.31. The summed E-state index contributed by atoms with van der Waals surface area (Å²) in [5.74, 6) is 0.882. The fraction of sp³-hybridized carbons (Fsp3) is 0.909. The van der Waals surface area contributed by atoms with Gasteiger partial charge in [-0.15, -0.1) is 0 Å². The van der Waals surface area contributed by atoms with Gasteiger partial charge in [-0.05, 0) is 67.0 Å². The van der Waals surface area contributed by atoms with E-state index in [9.17, 15) is 4.39 Å². The van der Waals surface area contributed by atoms with E-state index in [1.807, 2.05) is 29.5 Å². The van der Waals surface area contributed by atoms with Crippen LogP contribution < -0.4 is 0 Å². The van der Waals surface area contributed by atoms with E-state index in [0.717, 1.165) is 19.3 Å². The number of alkyl halides is 2. The summed E-state index contributed by atoms with van der Waals surface area (Å²) in [6, 6.07) is 0. The van der Waals surface area contributed by atoms with Crippen molar-refractivity contribution in [2.45, 2.75) is 49.6 Å².